The molecule has 0 atom stereocenters. The molecule has 0 bridgehead atoms. The van der Waals surface area contributed by atoms with Gasteiger partial charge < -0.3 is 0 Å². The Morgan fingerprint density at radius 3 is 2.31 bits per heavy atom. The number of hydrogen-bond acceptors (Lipinski definition) is 1. The number of alkyl halides is 3. The Kier molecular flexibility index (Phi) is 3.50. The maximum atomic E-state index is 12.6. The van der Waals surface area contributed by atoms with Crippen molar-refractivity contribution in [2.75, 3.05) is 0 Å². The zero-order valence-electron chi connectivity index (χ0n) is 6.64. The van der Waals surface area contributed by atoms with Crippen LogP contribution in [0.25, 0.3) is 0 Å². The standard InChI is InChI=1S/C9H7BrF2S/c1-7(9(10,11)12)13-8-5-3-2-4-6-8/h2-6H,1H2. The number of halogens is 3. The molecule has 0 radical (unpaired) electrons. The third kappa shape index (κ3) is 3.48. The van der Waals surface area contributed by atoms with Gasteiger partial charge >= 0.3 is 4.83 Å². The molecule has 13 heavy (non-hydrogen) atoms. The van der Waals surface area contributed by atoms with Crippen LogP contribution >= 0.6 is 27.7 Å². The molecule has 1 aromatic carbocycles. The van der Waals surface area contributed by atoms with Gasteiger partial charge in [0.25, 0.3) is 0 Å². The van der Waals surface area contributed by atoms with Crippen LogP contribution in [0.15, 0.2) is 46.7 Å². The molecule has 1 aromatic rings. The largest absolute Gasteiger partial charge is 0.332 e. The zero-order valence-corrected chi connectivity index (χ0v) is 9.04. The molecule has 0 amide bonds. The molecule has 0 aromatic heterocycles. The van der Waals surface area contributed by atoms with Crippen molar-refractivity contribution in [2.24, 2.45) is 0 Å². The van der Waals surface area contributed by atoms with E-state index in [1.165, 1.54) is 0 Å². The molecule has 70 valence electrons. The Hall–Kier alpha value is -0.350. The second-order valence-corrected chi connectivity index (χ2v) is 4.50. The summed E-state index contributed by atoms with van der Waals surface area (Å²) in [5, 5.41) is 0. The van der Waals surface area contributed by atoms with Gasteiger partial charge in [-0.05, 0) is 28.1 Å². The van der Waals surface area contributed by atoms with Crippen molar-refractivity contribution in [1.29, 1.82) is 0 Å². The first-order chi connectivity index (χ1) is 6.00. The molecule has 0 unspecified atom stereocenters. The van der Waals surface area contributed by atoms with E-state index in [9.17, 15) is 8.78 Å². The molecular weight excluding hydrogens is 258 g/mol. The highest BCUT2D eigenvalue weighted by atomic mass is 79.9. The lowest BCUT2D eigenvalue weighted by Crippen LogP contribution is -2.04. The first-order valence-electron chi connectivity index (χ1n) is 3.49. The smallest absolute Gasteiger partial charge is 0.188 e. The predicted octanol–water partition coefficient (Wildman–Crippen LogP) is 4.28. The molecule has 0 aliphatic rings. The third-order valence-corrected chi connectivity index (χ3v) is 3.05. The lowest BCUT2D eigenvalue weighted by molar-refractivity contribution is 0.167. The molecule has 0 heterocycles. The molecule has 0 saturated carbocycles. The van der Waals surface area contributed by atoms with Gasteiger partial charge in [0.15, 0.2) is 0 Å². The van der Waals surface area contributed by atoms with E-state index in [1.807, 2.05) is 6.07 Å². The maximum absolute atomic E-state index is 12.6. The van der Waals surface area contributed by atoms with Crippen molar-refractivity contribution in [3.05, 3.63) is 41.8 Å². The van der Waals surface area contributed by atoms with Crippen LogP contribution in [-0.2, 0) is 0 Å². The van der Waals surface area contributed by atoms with Crippen LogP contribution < -0.4 is 0 Å². The highest BCUT2D eigenvalue weighted by Crippen LogP contribution is 2.40. The molecule has 0 fully saturated rings. The quantitative estimate of drug-likeness (QED) is 0.580. The summed E-state index contributed by atoms with van der Waals surface area (Å²) in [6.45, 7) is 3.29. The van der Waals surface area contributed by atoms with Crippen LogP contribution in [0.1, 0.15) is 0 Å². The van der Waals surface area contributed by atoms with Crippen molar-refractivity contribution < 1.29 is 8.78 Å². The van der Waals surface area contributed by atoms with Gasteiger partial charge in [0.1, 0.15) is 0 Å². The minimum atomic E-state index is -3.01. The number of thioether (sulfide) groups is 1. The Balaban J connectivity index is 2.66. The molecule has 4 heteroatoms. The normalized spacial score (nSPS) is 11.3. The first-order valence-corrected chi connectivity index (χ1v) is 5.10. The first kappa shape index (κ1) is 10.7. The summed E-state index contributed by atoms with van der Waals surface area (Å²) in [7, 11) is 0. The van der Waals surface area contributed by atoms with Gasteiger partial charge in [0.05, 0.1) is 4.91 Å². The molecule has 0 saturated heterocycles. The van der Waals surface area contributed by atoms with Gasteiger partial charge in [0, 0.05) is 4.90 Å². The van der Waals surface area contributed by atoms with Crippen LogP contribution in [0.2, 0.25) is 0 Å². The van der Waals surface area contributed by atoms with Crippen molar-refractivity contribution in [2.45, 2.75) is 9.73 Å². The van der Waals surface area contributed by atoms with Gasteiger partial charge in [0.2, 0.25) is 0 Å². The molecule has 0 aliphatic heterocycles. The summed E-state index contributed by atoms with van der Waals surface area (Å²) >= 11 is 3.21. The van der Waals surface area contributed by atoms with E-state index < -0.39 is 4.83 Å². The van der Waals surface area contributed by atoms with Gasteiger partial charge in [-0.25, -0.2) is 0 Å². The van der Waals surface area contributed by atoms with Crippen LogP contribution in [-0.4, -0.2) is 4.83 Å². The fraction of sp³-hybridized carbons (Fsp3) is 0.111. The van der Waals surface area contributed by atoms with Crippen molar-refractivity contribution in [3.8, 4) is 0 Å². The van der Waals surface area contributed by atoms with Crippen molar-refractivity contribution in [1.82, 2.24) is 0 Å². The van der Waals surface area contributed by atoms with Gasteiger partial charge in [-0.15, -0.1) is 0 Å². The second-order valence-electron chi connectivity index (χ2n) is 2.34. The van der Waals surface area contributed by atoms with Crippen molar-refractivity contribution >= 4 is 27.7 Å². The predicted molar refractivity (Wildman–Crippen MR) is 55.3 cm³/mol. The van der Waals surface area contributed by atoms with E-state index >= 15 is 0 Å². The van der Waals surface area contributed by atoms with Crippen LogP contribution in [0.3, 0.4) is 0 Å². The van der Waals surface area contributed by atoms with E-state index in [0.717, 1.165) is 16.7 Å². The summed E-state index contributed by atoms with van der Waals surface area (Å²) in [4.78, 5) is -2.46. The molecular formula is C9H7BrF2S. The van der Waals surface area contributed by atoms with E-state index in [4.69, 9.17) is 0 Å². The Labute approximate surface area is 88.2 Å². The summed E-state index contributed by atoms with van der Waals surface area (Å²) in [6.07, 6.45) is 0. The van der Waals surface area contributed by atoms with Crippen LogP contribution in [0.4, 0.5) is 8.78 Å². The highest BCUT2D eigenvalue weighted by Gasteiger charge is 2.28. The number of rotatable bonds is 3. The monoisotopic (exact) mass is 264 g/mol. The molecule has 0 aliphatic carbocycles. The number of hydrogen-bond donors (Lipinski definition) is 0. The minimum absolute atomic E-state index is 0.210. The average molecular weight is 265 g/mol. The second kappa shape index (κ2) is 4.24. The van der Waals surface area contributed by atoms with Gasteiger partial charge in [-0.1, -0.05) is 36.5 Å². The van der Waals surface area contributed by atoms with Gasteiger partial charge in [-0.2, -0.15) is 8.78 Å². The van der Waals surface area contributed by atoms with E-state index in [-0.39, 0.29) is 4.91 Å². The fourth-order valence-electron chi connectivity index (χ4n) is 0.689. The third-order valence-electron chi connectivity index (χ3n) is 1.30. The summed E-state index contributed by atoms with van der Waals surface area (Å²) in [5.41, 5.74) is 0. The summed E-state index contributed by atoms with van der Waals surface area (Å²) < 4.78 is 25.2. The van der Waals surface area contributed by atoms with E-state index in [0.29, 0.717) is 0 Å². The summed E-state index contributed by atoms with van der Waals surface area (Å²) in [6, 6.07) is 8.94. The van der Waals surface area contributed by atoms with Crippen LogP contribution in [0.5, 0.6) is 0 Å². The Morgan fingerprint density at radius 2 is 1.85 bits per heavy atom. The fourth-order valence-corrected chi connectivity index (χ4v) is 1.62. The topological polar surface area (TPSA) is 0 Å². The van der Waals surface area contributed by atoms with E-state index in [1.54, 1.807) is 24.3 Å². The highest BCUT2D eigenvalue weighted by molar-refractivity contribution is 9.10. The lowest BCUT2D eigenvalue weighted by atomic mass is 10.4. The lowest BCUT2D eigenvalue weighted by Gasteiger charge is -2.10. The molecule has 0 N–H and O–H groups in total. The van der Waals surface area contributed by atoms with Crippen LogP contribution in [0, 0.1) is 0 Å². The Morgan fingerprint density at radius 1 is 1.31 bits per heavy atom. The van der Waals surface area contributed by atoms with Crippen molar-refractivity contribution in [3.63, 3.8) is 0 Å². The number of allylic oxidation sites excluding steroid dienone is 1. The SMILES string of the molecule is C=C(Sc1ccccc1)C(F)(F)Br. The molecule has 1 rings (SSSR count). The molecule has 0 nitrogen and oxygen atoms in total. The Bertz CT molecular complexity index is 292. The zero-order chi connectivity index (χ0) is 9.90. The van der Waals surface area contributed by atoms with Gasteiger partial charge in [-0.3, -0.25) is 0 Å². The minimum Gasteiger partial charge on any atom is -0.188 e. The summed E-state index contributed by atoms with van der Waals surface area (Å²) in [5.74, 6) is 0. The van der Waals surface area contributed by atoms with E-state index in [2.05, 4.69) is 22.5 Å². The average Bonchev–Trinajstić information content (AvgIpc) is 2.04. The maximum Gasteiger partial charge on any atom is 0.332 e. The number of benzene rings is 1. The molecule has 0 spiro atoms.